The van der Waals surface area contributed by atoms with E-state index in [2.05, 4.69) is 5.10 Å². The molecule has 1 atom stereocenters. The van der Waals surface area contributed by atoms with Crippen LogP contribution in [-0.2, 0) is 19.1 Å². The third-order valence-electron chi connectivity index (χ3n) is 5.05. The van der Waals surface area contributed by atoms with Gasteiger partial charge in [-0.15, -0.1) is 0 Å². The van der Waals surface area contributed by atoms with Crippen molar-refractivity contribution in [2.24, 2.45) is 5.10 Å². The van der Waals surface area contributed by atoms with Gasteiger partial charge < -0.3 is 14.4 Å². The van der Waals surface area contributed by atoms with Crippen LogP contribution in [0.3, 0.4) is 0 Å². The maximum absolute atomic E-state index is 14.4. The molecule has 1 aliphatic rings. The summed E-state index contributed by atoms with van der Waals surface area (Å²) in [5.74, 6) is -1.07. The zero-order chi connectivity index (χ0) is 22.2. The summed E-state index contributed by atoms with van der Waals surface area (Å²) in [5.41, 5.74) is 1.75. The van der Waals surface area contributed by atoms with Crippen LogP contribution in [0.25, 0.3) is 0 Å². The van der Waals surface area contributed by atoms with Crippen LogP contribution in [0, 0.1) is 5.82 Å². The van der Waals surface area contributed by atoms with Crippen LogP contribution < -0.4 is 0 Å². The van der Waals surface area contributed by atoms with Crippen molar-refractivity contribution in [3.63, 3.8) is 0 Å². The van der Waals surface area contributed by atoms with Crippen LogP contribution >= 0.6 is 0 Å². The largest absolute Gasteiger partial charge is 0.383 e. The number of rotatable bonds is 9. The average Bonchev–Trinajstić information content (AvgIpc) is 3.23. The van der Waals surface area contributed by atoms with Gasteiger partial charge in [0, 0.05) is 32.7 Å². The van der Waals surface area contributed by atoms with Crippen LogP contribution in [0.2, 0.25) is 0 Å². The number of carbonyl (C=O) groups is 2. The lowest BCUT2D eigenvalue weighted by Gasteiger charge is -2.26. The van der Waals surface area contributed by atoms with E-state index in [1.165, 1.54) is 30.2 Å². The number of hydrogen-bond acceptors (Lipinski definition) is 5. The molecule has 1 heterocycles. The third kappa shape index (κ3) is 5.53. The second kappa shape index (κ2) is 10.8. The first kappa shape index (κ1) is 22.6. The smallest absolute Gasteiger partial charge is 0.262 e. The molecule has 1 aliphatic heterocycles. The molecule has 0 fully saturated rings. The number of halogens is 1. The Morgan fingerprint density at radius 2 is 1.81 bits per heavy atom. The SMILES string of the molecule is COCCN(CC(=O)N1N=C(c2ccccc2F)C[C@@H]1c1ccccc1)C(=O)COC. The average molecular weight is 427 g/mol. The first-order valence-electron chi connectivity index (χ1n) is 10.00. The summed E-state index contributed by atoms with van der Waals surface area (Å²) in [6, 6.07) is 15.4. The fourth-order valence-corrected chi connectivity index (χ4v) is 3.48. The minimum Gasteiger partial charge on any atom is -0.383 e. The van der Waals surface area contributed by atoms with Gasteiger partial charge in [-0.3, -0.25) is 9.59 Å². The number of nitrogens with zero attached hydrogens (tertiary/aromatic N) is 3. The van der Waals surface area contributed by atoms with Gasteiger partial charge in [-0.25, -0.2) is 9.40 Å². The van der Waals surface area contributed by atoms with Gasteiger partial charge in [0.1, 0.15) is 19.0 Å². The van der Waals surface area contributed by atoms with E-state index < -0.39 is 0 Å². The molecular weight excluding hydrogens is 401 g/mol. The van der Waals surface area contributed by atoms with Crippen LogP contribution in [0.1, 0.15) is 23.6 Å². The van der Waals surface area contributed by atoms with Gasteiger partial charge in [-0.05, 0) is 11.6 Å². The number of hydrogen-bond donors (Lipinski definition) is 0. The van der Waals surface area contributed by atoms with Gasteiger partial charge in [0.05, 0.1) is 18.4 Å². The first-order valence-corrected chi connectivity index (χ1v) is 10.00. The van der Waals surface area contributed by atoms with Crippen molar-refractivity contribution < 1.29 is 23.5 Å². The third-order valence-corrected chi connectivity index (χ3v) is 5.05. The number of hydrazone groups is 1. The summed E-state index contributed by atoms with van der Waals surface area (Å²) in [5, 5.41) is 5.83. The second-order valence-electron chi connectivity index (χ2n) is 7.14. The van der Waals surface area contributed by atoms with Crippen molar-refractivity contribution in [3.8, 4) is 0 Å². The monoisotopic (exact) mass is 427 g/mol. The Balaban J connectivity index is 1.88. The summed E-state index contributed by atoms with van der Waals surface area (Å²) in [7, 11) is 2.95. The van der Waals surface area contributed by atoms with Gasteiger partial charge >= 0.3 is 0 Å². The summed E-state index contributed by atoms with van der Waals surface area (Å²) < 4.78 is 24.4. The number of ether oxygens (including phenoxy) is 2. The van der Waals surface area contributed by atoms with E-state index in [0.717, 1.165) is 5.56 Å². The number of methoxy groups -OCH3 is 2. The van der Waals surface area contributed by atoms with Gasteiger partial charge in [-0.2, -0.15) is 5.10 Å². The van der Waals surface area contributed by atoms with Gasteiger partial charge in [0.25, 0.3) is 5.91 Å². The van der Waals surface area contributed by atoms with Crippen molar-refractivity contribution >= 4 is 17.5 Å². The van der Waals surface area contributed by atoms with Crippen LogP contribution in [-0.4, -0.2) is 68.0 Å². The predicted molar refractivity (Wildman–Crippen MR) is 114 cm³/mol. The van der Waals surface area contributed by atoms with Gasteiger partial charge in [-0.1, -0.05) is 48.5 Å². The molecule has 0 aromatic heterocycles. The van der Waals surface area contributed by atoms with E-state index in [1.54, 1.807) is 18.2 Å². The highest BCUT2D eigenvalue weighted by Gasteiger charge is 2.34. The molecule has 0 bridgehead atoms. The lowest BCUT2D eigenvalue weighted by molar-refractivity contribution is -0.144. The Bertz CT molecular complexity index is 935. The normalized spacial score (nSPS) is 15.6. The van der Waals surface area contributed by atoms with Crippen LogP contribution in [0.5, 0.6) is 0 Å². The topological polar surface area (TPSA) is 71.4 Å². The summed E-state index contributed by atoms with van der Waals surface area (Å²) >= 11 is 0. The van der Waals surface area contributed by atoms with Crippen molar-refractivity contribution in [3.05, 3.63) is 71.5 Å². The van der Waals surface area contributed by atoms with Crippen molar-refractivity contribution in [2.45, 2.75) is 12.5 Å². The Labute approximate surface area is 181 Å². The Morgan fingerprint density at radius 3 is 2.48 bits per heavy atom. The van der Waals surface area contributed by atoms with Crippen molar-refractivity contribution in [1.29, 1.82) is 0 Å². The molecule has 0 aliphatic carbocycles. The predicted octanol–water partition coefficient (Wildman–Crippen LogP) is 2.62. The Hall–Kier alpha value is -3.10. The fourth-order valence-electron chi connectivity index (χ4n) is 3.48. The van der Waals surface area contributed by atoms with Crippen molar-refractivity contribution in [1.82, 2.24) is 9.91 Å². The molecule has 0 radical (unpaired) electrons. The Kier molecular flexibility index (Phi) is 7.86. The summed E-state index contributed by atoms with van der Waals surface area (Å²) in [6.45, 7) is 0.221. The molecule has 7 nitrogen and oxygen atoms in total. The quantitative estimate of drug-likeness (QED) is 0.617. The highest BCUT2D eigenvalue weighted by Crippen LogP contribution is 2.33. The van der Waals surface area contributed by atoms with Gasteiger partial charge in [0.2, 0.25) is 5.91 Å². The van der Waals surface area contributed by atoms with E-state index >= 15 is 0 Å². The minimum atomic E-state index is -0.389. The molecule has 0 N–H and O–H groups in total. The van der Waals surface area contributed by atoms with Crippen LogP contribution in [0.4, 0.5) is 4.39 Å². The molecule has 2 aromatic rings. The second-order valence-corrected chi connectivity index (χ2v) is 7.14. The molecule has 0 spiro atoms. The van der Waals surface area contributed by atoms with E-state index in [0.29, 0.717) is 17.7 Å². The van der Waals surface area contributed by atoms with E-state index in [1.807, 2.05) is 30.3 Å². The lowest BCUT2D eigenvalue weighted by Crippen LogP contribution is -2.44. The highest BCUT2D eigenvalue weighted by molar-refractivity contribution is 6.03. The lowest BCUT2D eigenvalue weighted by atomic mass is 9.98. The van der Waals surface area contributed by atoms with Gasteiger partial charge in [0.15, 0.2) is 0 Å². The zero-order valence-electron chi connectivity index (χ0n) is 17.7. The van der Waals surface area contributed by atoms with E-state index in [4.69, 9.17) is 9.47 Å². The number of carbonyl (C=O) groups excluding carboxylic acids is 2. The molecule has 164 valence electrons. The minimum absolute atomic E-state index is 0.136. The van der Waals surface area contributed by atoms with E-state index in [9.17, 15) is 14.0 Å². The van der Waals surface area contributed by atoms with Crippen LogP contribution in [0.15, 0.2) is 59.7 Å². The molecule has 31 heavy (non-hydrogen) atoms. The number of amides is 2. The molecule has 0 saturated carbocycles. The summed E-state index contributed by atoms with van der Waals surface area (Å²) in [6.07, 6.45) is 0.376. The number of benzene rings is 2. The molecule has 3 rings (SSSR count). The maximum atomic E-state index is 14.4. The maximum Gasteiger partial charge on any atom is 0.262 e. The molecular formula is C23H26FN3O4. The molecule has 2 amide bonds. The molecule has 2 aromatic carbocycles. The molecule has 0 saturated heterocycles. The standard InChI is InChI=1S/C23H26FN3O4/c1-30-13-12-26(23(29)16-31-2)15-22(28)27-21(17-8-4-3-5-9-17)14-20(25-27)18-10-6-7-11-19(18)24/h3-11,21H,12-16H2,1-2H3/t21-/m1/s1. The highest BCUT2D eigenvalue weighted by atomic mass is 19.1. The molecule has 8 heteroatoms. The fraction of sp³-hybridized carbons (Fsp3) is 0.348. The Morgan fingerprint density at radius 1 is 1.10 bits per heavy atom. The zero-order valence-corrected chi connectivity index (χ0v) is 17.7. The first-order chi connectivity index (χ1) is 15.0. The molecule has 0 unspecified atom stereocenters. The van der Waals surface area contributed by atoms with Crippen molar-refractivity contribution in [2.75, 3.05) is 40.5 Å². The van der Waals surface area contributed by atoms with E-state index in [-0.39, 0.29) is 50.0 Å². The summed E-state index contributed by atoms with van der Waals surface area (Å²) in [4.78, 5) is 27.0.